The average molecular weight is 269 g/mol. The highest BCUT2D eigenvalue weighted by Gasteiger charge is 2.07. The first-order valence-electron chi connectivity index (χ1n) is 6.15. The lowest BCUT2D eigenvalue weighted by molar-refractivity contribution is -0.137. The third-order valence-electron chi connectivity index (χ3n) is 2.58. The lowest BCUT2D eigenvalue weighted by Crippen LogP contribution is -2.35. The van der Waals surface area contributed by atoms with Gasteiger partial charge in [0.05, 0.1) is 12.2 Å². The fraction of sp³-hybridized carbons (Fsp3) is 0.583. The number of oxazole rings is 1. The van der Waals surface area contributed by atoms with E-state index in [0.717, 1.165) is 11.5 Å². The van der Waals surface area contributed by atoms with Crippen LogP contribution < -0.4 is 10.6 Å². The number of aromatic nitrogens is 1. The first-order valence-corrected chi connectivity index (χ1v) is 6.15. The summed E-state index contributed by atoms with van der Waals surface area (Å²) in [5.41, 5.74) is 0.811. The third kappa shape index (κ3) is 5.89. The van der Waals surface area contributed by atoms with Crippen molar-refractivity contribution in [3.8, 4) is 0 Å². The zero-order chi connectivity index (χ0) is 14.3. The second-order valence-electron chi connectivity index (χ2n) is 4.21. The van der Waals surface area contributed by atoms with Crippen molar-refractivity contribution in [2.24, 2.45) is 0 Å². The standard InChI is InChI=1S/C12H19N3O4/c1-8-9(2)19-10(15-8)7-14-12(18)13-6-4-3-5-11(16)17/h3-7H2,1-2H3,(H,16,17)(H2,13,14,18). The van der Waals surface area contributed by atoms with E-state index in [9.17, 15) is 9.59 Å². The maximum Gasteiger partial charge on any atom is 0.315 e. The van der Waals surface area contributed by atoms with Crippen molar-refractivity contribution in [1.29, 1.82) is 0 Å². The van der Waals surface area contributed by atoms with E-state index in [1.54, 1.807) is 0 Å². The maximum absolute atomic E-state index is 11.4. The molecule has 1 rings (SSSR count). The number of aryl methyl sites for hydroxylation is 2. The molecule has 0 fully saturated rings. The molecular formula is C12H19N3O4. The Labute approximate surface area is 111 Å². The highest BCUT2D eigenvalue weighted by atomic mass is 16.4. The van der Waals surface area contributed by atoms with Gasteiger partial charge in [-0.05, 0) is 26.7 Å². The summed E-state index contributed by atoms with van der Waals surface area (Å²) in [4.78, 5) is 25.8. The summed E-state index contributed by atoms with van der Waals surface area (Å²) in [6, 6.07) is -0.316. The first kappa shape index (κ1) is 15.0. The van der Waals surface area contributed by atoms with Crippen molar-refractivity contribution >= 4 is 12.0 Å². The minimum atomic E-state index is -0.820. The van der Waals surface area contributed by atoms with Gasteiger partial charge in [-0.15, -0.1) is 0 Å². The number of carbonyl (C=O) groups excluding carboxylic acids is 1. The second-order valence-corrected chi connectivity index (χ2v) is 4.21. The summed E-state index contributed by atoms with van der Waals surface area (Å²) < 4.78 is 5.32. The van der Waals surface area contributed by atoms with Crippen molar-refractivity contribution in [2.75, 3.05) is 6.54 Å². The summed E-state index contributed by atoms with van der Waals surface area (Å²) in [5, 5.41) is 13.7. The van der Waals surface area contributed by atoms with Gasteiger partial charge in [-0.3, -0.25) is 4.79 Å². The van der Waals surface area contributed by atoms with E-state index in [1.807, 2.05) is 13.8 Å². The smallest absolute Gasteiger partial charge is 0.315 e. The molecule has 1 heterocycles. The molecule has 0 bridgehead atoms. The highest BCUT2D eigenvalue weighted by Crippen LogP contribution is 2.07. The fourth-order valence-corrected chi connectivity index (χ4v) is 1.44. The Morgan fingerprint density at radius 3 is 2.58 bits per heavy atom. The predicted molar refractivity (Wildman–Crippen MR) is 67.7 cm³/mol. The van der Waals surface area contributed by atoms with Crippen molar-refractivity contribution in [2.45, 2.75) is 39.7 Å². The molecule has 0 aliphatic heterocycles. The van der Waals surface area contributed by atoms with Gasteiger partial charge in [0.15, 0.2) is 0 Å². The molecule has 0 aliphatic rings. The normalized spacial score (nSPS) is 10.2. The molecule has 7 nitrogen and oxygen atoms in total. The minimum absolute atomic E-state index is 0.123. The van der Waals surface area contributed by atoms with Crippen LogP contribution in [0.3, 0.4) is 0 Å². The van der Waals surface area contributed by atoms with Crippen LogP contribution in [-0.2, 0) is 11.3 Å². The molecule has 106 valence electrons. The summed E-state index contributed by atoms with van der Waals surface area (Å²) in [7, 11) is 0. The van der Waals surface area contributed by atoms with Crippen molar-refractivity contribution < 1.29 is 19.1 Å². The molecule has 2 amide bonds. The van der Waals surface area contributed by atoms with E-state index < -0.39 is 5.97 Å². The average Bonchev–Trinajstić information content (AvgIpc) is 2.65. The van der Waals surface area contributed by atoms with Crippen LogP contribution >= 0.6 is 0 Å². The monoisotopic (exact) mass is 269 g/mol. The van der Waals surface area contributed by atoms with Gasteiger partial charge >= 0.3 is 12.0 Å². The van der Waals surface area contributed by atoms with Crippen molar-refractivity contribution in [3.05, 3.63) is 17.3 Å². The molecule has 0 spiro atoms. The van der Waals surface area contributed by atoms with Crippen LogP contribution in [0.1, 0.15) is 36.6 Å². The number of carbonyl (C=O) groups is 2. The molecular weight excluding hydrogens is 250 g/mol. The van der Waals surface area contributed by atoms with Gasteiger partial charge in [-0.2, -0.15) is 0 Å². The number of aliphatic carboxylic acids is 1. The summed E-state index contributed by atoms with van der Waals surface area (Å²) in [6.45, 7) is 4.33. The lowest BCUT2D eigenvalue weighted by atomic mass is 10.2. The summed E-state index contributed by atoms with van der Waals surface area (Å²) in [6.07, 6.45) is 1.31. The van der Waals surface area contributed by atoms with Gasteiger partial charge in [-0.25, -0.2) is 9.78 Å². The molecule has 0 saturated heterocycles. The molecule has 7 heteroatoms. The molecule has 0 aromatic carbocycles. The Hall–Kier alpha value is -2.05. The molecule has 0 radical (unpaired) electrons. The van der Waals surface area contributed by atoms with Gasteiger partial charge in [0.25, 0.3) is 0 Å². The molecule has 1 aromatic heterocycles. The van der Waals surface area contributed by atoms with Crippen molar-refractivity contribution in [1.82, 2.24) is 15.6 Å². The largest absolute Gasteiger partial charge is 0.481 e. The van der Waals surface area contributed by atoms with Crippen molar-refractivity contribution in [3.63, 3.8) is 0 Å². The van der Waals surface area contributed by atoms with Crippen LogP contribution in [0.2, 0.25) is 0 Å². The topological polar surface area (TPSA) is 104 Å². The fourth-order valence-electron chi connectivity index (χ4n) is 1.44. The van der Waals surface area contributed by atoms with Crippen LogP contribution in [0.5, 0.6) is 0 Å². The number of nitrogens with one attached hydrogen (secondary N) is 2. The molecule has 1 aromatic rings. The number of carboxylic acids is 1. The van der Waals surface area contributed by atoms with Crippen LogP contribution in [0.4, 0.5) is 4.79 Å². The van der Waals surface area contributed by atoms with Gasteiger partial charge in [-0.1, -0.05) is 0 Å². The number of nitrogens with zero attached hydrogens (tertiary/aromatic N) is 1. The highest BCUT2D eigenvalue weighted by molar-refractivity contribution is 5.73. The Bertz CT molecular complexity index is 423. The quantitative estimate of drug-likeness (QED) is 0.648. The van der Waals surface area contributed by atoms with Gasteiger partial charge in [0, 0.05) is 13.0 Å². The second kappa shape index (κ2) is 7.40. The molecule has 0 atom stereocenters. The van der Waals surface area contributed by atoms with E-state index >= 15 is 0 Å². The summed E-state index contributed by atoms with van der Waals surface area (Å²) >= 11 is 0. The van der Waals surface area contributed by atoms with E-state index in [1.165, 1.54) is 0 Å². The van der Waals surface area contributed by atoms with Gasteiger partial charge in [0.1, 0.15) is 5.76 Å². The van der Waals surface area contributed by atoms with E-state index in [2.05, 4.69) is 15.6 Å². The van der Waals surface area contributed by atoms with E-state index in [0.29, 0.717) is 25.3 Å². The van der Waals surface area contributed by atoms with Gasteiger partial charge in [0.2, 0.25) is 5.89 Å². The summed E-state index contributed by atoms with van der Waals surface area (Å²) in [5.74, 6) is 0.390. The zero-order valence-corrected chi connectivity index (χ0v) is 11.2. The molecule has 0 aliphatic carbocycles. The Morgan fingerprint density at radius 1 is 1.26 bits per heavy atom. The van der Waals surface area contributed by atoms with Gasteiger partial charge < -0.3 is 20.2 Å². The van der Waals surface area contributed by atoms with Crippen LogP contribution in [-0.4, -0.2) is 28.6 Å². The number of carboxylic acid groups (broad SMARTS) is 1. The number of rotatable bonds is 7. The molecule has 19 heavy (non-hydrogen) atoms. The molecule has 0 unspecified atom stereocenters. The molecule has 0 saturated carbocycles. The Morgan fingerprint density at radius 2 is 2.00 bits per heavy atom. The number of unbranched alkanes of at least 4 members (excludes halogenated alkanes) is 1. The van der Waals surface area contributed by atoms with Crippen LogP contribution in [0, 0.1) is 13.8 Å². The number of amides is 2. The number of urea groups is 1. The van der Waals surface area contributed by atoms with Crippen LogP contribution in [0.25, 0.3) is 0 Å². The minimum Gasteiger partial charge on any atom is -0.481 e. The predicted octanol–water partition coefficient (Wildman–Crippen LogP) is 1.35. The zero-order valence-electron chi connectivity index (χ0n) is 11.2. The van der Waals surface area contributed by atoms with Crippen LogP contribution in [0.15, 0.2) is 4.42 Å². The number of hydrogen-bond donors (Lipinski definition) is 3. The van der Waals surface area contributed by atoms with E-state index in [-0.39, 0.29) is 19.0 Å². The SMILES string of the molecule is Cc1nc(CNC(=O)NCCCCC(=O)O)oc1C. The Balaban J connectivity index is 2.12. The Kier molecular flexibility index (Phi) is 5.84. The first-order chi connectivity index (χ1) is 8.99. The van der Waals surface area contributed by atoms with E-state index in [4.69, 9.17) is 9.52 Å². The third-order valence-corrected chi connectivity index (χ3v) is 2.58. The molecule has 3 N–H and O–H groups in total. The maximum atomic E-state index is 11.4. The lowest BCUT2D eigenvalue weighted by Gasteiger charge is -2.05. The number of hydrogen-bond acceptors (Lipinski definition) is 4.